The second kappa shape index (κ2) is 7.90. The fraction of sp³-hybridized carbons (Fsp3) is 0.261. The highest BCUT2D eigenvalue weighted by molar-refractivity contribution is 7.90. The van der Waals surface area contributed by atoms with Crippen molar-refractivity contribution < 1.29 is 22.4 Å². The molecule has 32 heavy (non-hydrogen) atoms. The highest BCUT2D eigenvalue weighted by Crippen LogP contribution is 2.31. The molecule has 0 spiro atoms. The Morgan fingerprint density at radius 3 is 2.72 bits per heavy atom. The van der Waals surface area contributed by atoms with Gasteiger partial charge in [-0.1, -0.05) is 30.3 Å². The van der Waals surface area contributed by atoms with E-state index in [0.29, 0.717) is 41.7 Å². The number of carbonyl (C=O) groups excluding carboxylic acids is 1. The minimum atomic E-state index is -3.75. The second-order valence-electron chi connectivity index (χ2n) is 7.73. The molecule has 3 aromatic rings. The van der Waals surface area contributed by atoms with Gasteiger partial charge in [-0.05, 0) is 44.0 Å². The first-order valence-electron chi connectivity index (χ1n) is 10.3. The highest BCUT2D eigenvalue weighted by Gasteiger charge is 2.40. The summed E-state index contributed by atoms with van der Waals surface area (Å²) in [6.07, 6.45) is 1.30. The van der Waals surface area contributed by atoms with Crippen LogP contribution in [-0.2, 0) is 26.2 Å². The average Bonchev–Trinajstić information content (AvgIpc) is 3.49. The zero-order valence-corrected chi connectivity index (χ0v) is 18.2. The Bertz CT molecular complexity index is 1310. The molecule has 0 saturated carbocycles. The van der Waals surface area contributed by atoms with Crippen LogP contribution in [0, 0.1) is 6.92 Å². The van der Waals surface area contributed by atoms with Crippen molar-refractivity contribution in [2.45, 2.75) is 37.3 Å². The lowest BCUT2D eigenvalue weighted by Crippen LogP contribution is -2.41. The summed E-state index contributed by atoms with van der Waals surface area (Å²) in [6, 6.07) is 15.6. The smallest absolute Gasteiger partial charge is 0.329 e. The number of esters is 1. The first-order valence-corrected chi connectivity index (χ1v) is 11.8. The summed E-state index contributed by atoms with van der Waals surface area (Å²) in [5.74, 6) is 0.929. The van der Waals surface area contributed by atoms with Crippen molar-refractivity contribution >= 4 is 21.8 Å². The van der Waals surface area contributed by atoms with Crippen molar-refractivity contribution in [1.82, 2.24) is 9.88 Å². The summed E-state index contributed by atoms with van der Waals surface area (Å²) in [7, 11) is -3.75. The molecule has 3 heterocycles. The first kappa shape index (κ1) is 20.4. The van der Waals surface area contributed by atoms with Crippen molar-refractivity contribution in [2.24, 2.45) is 4.40 Å². The summed E-state index contributed by atoms with van der Waals surface area (Å²) in [4.78, 5) is 19.3. The number of hydrogen-bond acceptors (Lipinski definition) is 7. The Morgan fingerprint density at radius 2 is 1.91 bits per heavy atom. The van der Waals surface area contributed by atoms with Crippen molar-refractivity contribution in [3.8, 4) is 11.5 Å². The van der Waals surface area contributed by atoms with Crippen molar-refractivity contribution in [1.29, 1.82) is 0 Å². The number of fused-ring (bicyclic) bond motifs is 1. The van der Waals surface area contributed by atoms with Crippen LogP contribution in [0.4, 0.5) is 0 Å². The molecule has 0 aliphatic carbocycles. The molecule has 0 amide bonds. The molecule has 0 bridgehead atoms. The van der Waals surface area contributed by atoms with Crippen LogP contribution in [0.3, 0.4) is 0 Å². The van der Waals surface area contributed by atoms with E-state index in [1.54, 1.807) is 30.0 Å². The third kappa shape index (κ3) is 3.58. The lowest BCUT2D eigenvalue weighted by atomic mass is 10.1. The van der Waals surface area contributed by atoms with Crippen molar-refractivity contribution in [2.75, 3.05) is 6.54 Å². The standard InChI is InChI=1S/C23H21N3O5S/c1-15-18(24-22(31-15)16-8-3-2-4-9-16)14-30-23(27)19-11-7-13-26(19)21-17-10-5-6-12-20(17)32(28,29)25-21/h2-6,8-10,12,19H,7,11,13-14H2,1H3. The van der Waals surface area contributed by atoms with E-state index in [0.717, 1.165) is 12.0 Å². The molecule has 1 saturated heterocycles. The number of carbonyl (C=O) groups is 1. The van der Waals surface area contributed by atoms with Gasteiger partial charge in [0.25, 0.3) is 10.0 Å². The van der Waals surface area contributed by atoms with E-state index in [9.17, 15) is 13.2 Å². The summed E-state index contributed by atoms with van der Waals surface area (Å²) in [6.45, 7) is 2.29. The van der Waals surface area contributed by atoms with Crippen LogP contribution >= 0.6 is 0 Å². The highest BCUT2D eigenvalue weighted by atomic mass is 32.2. The number of nitrogens with zero attached hydrogens (tertiary/aromatic N) is 3. The Labute approximate surface area is 185 Å². The molecule has 2 aliphatic heterocycles. The number of amidine groups is 1. The van der Waals surface area contributed by atoms with Gasteiger partial charge in [0.1, 0.15) is 29.0 Å². The van der Waals surface area contributed by atoms with E-state index in [4.69, 9.17) is 9.15 Å². The molecular formula is C23H21N3O5S. The fourth-order valence-corrected chi connectivity index (χ4v) is 5.28. The molecule has 0 radical (unpaired) electrons. The normalized spacial score (nSPS) is 19.0. The molecule has 0 N–H and O–H groups in total. The van der Waals surface area contributed by atoms with Crippen molar-refractivity contribution in [3.05, 3.63) is 71.6 Å². The van der Waals surface area contributed by atoms with Crippen LogP contribution in [0.25, 0.3) is 11.5 Å². The Balaban J connectivity index is 1.32. The number of oxazole rings is 1. The lowest BCUT2D eigenvalue weighted by molar-refractivity contribution is -0.149. The molecule has 1 fully saturated rings. The molecule has 2 aliphatic rings. The number of aromatic nitrogens is 1. The van der Waals surface area contributed by atoms with Gasteiger partial charge in [-0.3, -0.25) is 0 Å². The number of aryl methyl sites for hydroxylation is 1. The van der Waals surface area contributed by atoms with E-state index in [2.05, 4.69) is 9.38 Å². The summed E-state index contributed by atoms with van der Waals surface area (Å²) < 4.78 is 40.1. The second-order valence-corrected chi connectivity index (χ2v) is 9.31. The molecule has 5 rings (SSSR count). The lowest BCUT2D eigenvalue weighted by Gasteiger charge is -2.24. The quantitative estimate of drug-likeness (QED) is 0.561. The maximum absolute atomic E-state index is 12.9. The third-order valence-corrected chi connectivity index (χ3v) is 7.00. The first-order chi connectivity index (χ1) is 15.4. The van der Waals surface area contributed by atoms with Gasteiger partial charge in [-0.25, -0.2) is 9.78 Å². The number of benzene rings is 2. The molecule has 164 valence electrons. The van der Waals surface area contributed by atoms with Gasteiger partial charge >= 0.3 is 5.97 Å². The maximum atomic E-state index is 12.9. The molecule has 1 unspecified atom stereocenters. The molecule has 9 heteroatoms. The van der Waals surface area contributed by atoms with Gasteiger partial charge in [0.05, 0.1) is 0 Å². The average molecular weight is 452 g/mol. The Hall–Kier alpha value is -3.46. The number of hydrogen-bond donors (Lipinski definition) is 0. The molecule has 8 nitrogen and oxygen atoms in total. The van der Waals surface area contributed by atoms with E-state index < -0.39 is 22.0 Å². The van der Waals surface area contributed by atoms with Crippen LogP contribution in [0.5, 0.6) is 0 Å². The van der Waals surface area contributed by atoms with E-state index in [1.165, 1.54) is 6.07 Å². The molecular weight excluding hydrogens is 430 g/mol. The zero-order valence-electron chi connectivity index (χ0n) is 17.4. The zero-order chi connectivity index (χ0) is 22.3. The predicted octanol–water partition coefficient (Wildman–Crippen LogP) is 3.31. The van der Waals surface area contributed by atoms with Crippen molar-refractivity contribution in [3.63, 3.8) is 0 Å². The number of sulfonamides is 1. The summed E-state index contributed by atoms with van der Waals surface area (Å²) in [5, 5.41) is 0. The Kier molecular flexibility index (Phi) is 5.05. The monoisotopic (exact) mass is 451 g/mol. The molecule has 1 atom stereocenters. The van der Waals surface area contributed by atoms with Crippen LogP contribution in [0.2, 0.25) is 0 Å². The maximum Gasteiger partial charge on any atom is 0.329 e. The SMILES string of the molecule is Cc1oc(-c2ccccc2)nc1COC(=O)C1CCCN1C1=NS(=O)(=O)c2ccccc21. The number of rotatable bonds is 4. The fourth-order valence-electron chi connectivity index (χ4n) is 4.06. The Morgan fingerprint density at radius 1 is 1.16 bits per heavy atom. The predicted molar refractivity (Wildman–Crippen MR) is 116 cm³/mol. The van der Waals surface area contributed by atoms with Crippen LogP contribution < -0.4 is 0 Å². The van der Waals surface area contributed by atoms with E-state index >= 15 is 0 Å². The topological polar surface area (TPSA) is 102 Å². The van der Waals surface area contributed by atoms with Gasteiger partial charge in [0.2, 0.25) is 5.89 Å². The minimum Gasteiger partial charge on any atom is -0.457 e. The summed E-state index contributed by atoms with van der Waals surface area (Å²) >= 11 is 0. The van der Waals surface area contributed by atoms with Gasteiger partial charge in [0, 0.05) is 17.7 Å². The van der Waals surface area contributed by atoms with E-state index in [-0.39, 0.29) is 11.5 Å². The van der Waals surface area contributed by atoms with Gasteiger partial charge < -0.3 is 14.1 Å². The van der Waals surface area contributed by atoms with Crippen LogP contribution in [0.1, 0.15) is 29.9 Å². The van der Waals surface area contributed by atoms with Gasteiger partial charge in [0.15, 0.2) is 5.84 Å². The number of likely N-dealkylation sites (tertiary alicyclic amines) is 1. The van der Waals surface area contributed by atoms with E-state index in [1.807, 2.05) is 30.3 Å². The van der Waals surface area contributed by atoms with Gasteiger partial charge in [-0.15, -0.1) is 4.40 Å². The molecule has 2 aromatic carbocycles. The van der Waals surface area contributed by atoms with Gasteiger partial charge in [-0.2, -0.15) is 8.42 Å². The third-order valence-electron chi connectivity index (χ3n) is 5.67. The van der Waals surface area contributed by atoms with Crippen LogP contribution in [-0.4, -0.2) is 42.7 Å². The molecule has 1 aromatic heterocycles. The summed E-state index contributed by atoms with van der Waals surface area (Å²) in [5.41, 5.74) is 1.91. The largest absolute Gasteiger partial charge is 0.457 e. The number of ether oxygens (including phenoxy) is 1. The van der Waals surface area contributed by atoms with Crippen LogP contribution in [0.15, 0.2) is 68.3 Å². The minimum absolute atomic E-state index is 0.0211.